The highest BCUT2D eigenvalue weighted by Crippen LogP contribution is 2.52. The number of furan rings is 1. The standard InChI is InChI=1S/C23H26O5/c1-15-4-6-23(28-15,12-16-2-3-16)20-19(24)10-18(27-21(20)25)13-22(7-8-22)11-17-5-9-26-14-17/h4-5,9-10,14,16,24H,2-3,6-8,11-13H2,1H3. The van der Waals surface area contributed by atoms with E-state index in [2.05, 4.69) is 0 Å². The molecule has 1 N–H and O–H groups in total. The van der Waals surface area contributed by atoms with Gasteiger partial charge in [0.1, 0.15) is 22.7 Å². The van der Waals surface area contributed by atoms with Crippen LogP contribution in [-0.4, -0.2) is 5.11 Å². The number of hydrogen-bond acceptors (Lipinski definition) is 5. The molecule has 5 rings (SSSR count). The van der Waals surface area contributed by atoms with Crippen molar-refractivity contribution in [3.8, 4) is 5.75 Å². The molecular weight excluding hydrogens is 356 g/mol. The van der Waals surface area contributed by atoms with Crippen LogP contribution in [-0.2, 0) is 23.2 Å². The first-order chi connectivity index (χ1) is 13.5. The Kier molecular flexibility index (Phi) is 3.97. The summed E-state index contributed by atoms with van der Waals surface area (Å²) in [5.41, 5.74) is 0.308. The van der Waals surface area contributed by atoms with E-state index >= 15 is 0 Å². The quantitative estimate of drug-likeness (QED) is 0.743. The second-order valence-corrected chi connectivity index (χ2v) is 9.01. The van der Waals surface area contributed by atoms with E-state index in [0.717, 1.165) is 49.8 Å². The average molecular weight is 382 g/mol. The molecule has 5 heteroatoms. The molecule has 1 atom stereocenters. The molecule has 0 spiro atoms. The highest BCUT2D eigenvalue weighted by atomic mass is 16.5. The lowest BCUT2D eigenvalue weighted by Crippen LogP contribution is -2.32. The van der Waals surface area contributed by atoms with Crippen molar-refractivity contribution in [2.45, 2.75) is 63.9 Å². The number of aromatic hydroxyl groups is 1. The van der Waals surface area contributed by atoms with Crippen molar-refractivity contribution in [1.82, 2.24) is 0 Å². The van der Waals surface area contributed by atoms with E-state index in [0.29, 0.717) is 24.5 Å². The van der Waals surface area contributed by atoms with Gasteiger partial charge in [-0.05, 0) is 61.6 Å². The van der Waals surface area contributed by atoms with E-state index in [1.54, 1.807) is 18.6 Å². The number of allylic oxidation sites excluding steroid dienone is 1. The highest BCUT2D eigenvalue weighted by Gasteiger charge is 2.47. The summed E-state index contributed by atoms with van der Waals surface area (Å²) in [6.45, 7) is 1.90. The average Bonchev–Trinajstić information content (AvgIpc) is 3.49. The van der Waals surface area contributed by atoms with Crippen LogP contribution in [0.25, 0.3) is 0 Å². The minimum Gasteiger partial charge on any atom is -0.507 e. The summed E-state index contributed by atoms with van der Waals surface area (Å²) in [5.74, 6) is 1.92. The van der Waals surface area contributed by atoms with Gasteiger partial charge in [0.15, 0.2) is 0 Å². The molecule has 3 aliphatic rings. The van der Waals surface area contributed by atoms with Crippen LogP contribution in [0.2, 0.25) is 0 Å². The van der Waals surface area contributed by atoms with Gasteiger partial charge in [0.05, 0.1) is 18.3 Å². The first kappa shape index (κ1) is 17.7. The number of rotatable bonds is 7. The summed E-state index contributed by atoms with van der Waals surface area (Å²) in [7, 11) is 0. The third-order valence-electron chi connectivity index (χ3n) is 6.49. The summed E-state index contributed by atoms with van der Waals surface area (Å²) >= 11 is 0. The van der Waals surface area contributed by atoms with Crippen molar-refractivity contribution in [1.29, 1.82) is 0 Å². The van der Waals surface area contributed by atoms with Crippen LogP contribution < -0.4 is 5.63 Å². The van der Waals surface area contributed by atoms with Gasteiger partial charge in [-0.25, -0.2) is 4.79 Å². The minimum atomic E-state index is -0.775. The zero-order valence-electron chi connectivity index (χ0n) is 16.2. The van der Waals surface area contributed by atoms with Crippen LogP contribution in [0.4, 0.5) is 0 Å². The maximum Gasteiger partial charge on any atom is 0.346 e. The Labute approximate surface area is 164 Å². The molecule has 0 aromatic carbocycles. The third-order valence-corrected chi connectivity index (χ3v) is 6.49. The lowest BCUT2D eigenvalue weighted by atomic mass is 9.86. The lowest BCUT2D eigenvalue weighted by Gasteiger charge is -2.30. The zero-order chi connectivity index (χ0) is 19.4. The monoisotopic (exact) mass is 382 g/mol. The van der Waals surface area contributed by atoms with Crippen LogP contribution in [0.5, 0.6) is 5.75 Å². The molecule has 1 unspecified atom stereocenters. The van der Waals surface area contributed by atoms with E-state index in [9.17, 15) is 9.90 Å². The van der Waals surface area contributed by atoms with Crippen LogP contribution in [0.3, 0.4) is 0 Å². The predicted molar refractivity (Wildman–Crippen MR) is 103 cm³/mol. The fourth-order valence-electron chi connectivity index (χ4n) is 4.69. The smallest absolute Gasteiger partial charge is 0.346 e. The van der Waals surface area contributed by atoms with E-state index in [1.165, 1.54) is 0 Å². The first-order valence-corrected chi connectivity index (χ1v) is 10.2. The third kappa shape index (κ3) is 3.27. The first-order valence-electron chi connectivity index (χ1n) is 10.2. The fourth-order valence-corrected chi connectivity index (χ4v) is 4.69. The Balaban J connectivity index is 1.42. The van der Waals surface area contributed by atoms with Gasteiger partial charge in [0.2, 0.25) is 0 Å². The van der Waals surface area contributed by atoms with Gasteiger partial charge in [0, 0.05) is 18.9 Å². The molecule has 0 saturated heterocycles. The van der Waals surface area contributed by atoms with E-state index in [-0.39, 0.29) is 16.7 Å². The molecule has 1 aliphatic heterocycles. The second-order valence-electron chi connectivity index (χ2n) is 9.01. The largest absolute Gasteiger partial charge is 0.507 e. The Morgan fingerprint density at radius 1 is 1.25 bits per heavy atom. The summed E-state index contributed by atoms with van der Waals surface area (Å²) in [5, 5.41) is 10.8. The molecule has 2 aromatic rings. The topological polar surface area (TPSA) is 72.8 Å². The molecule has 0 bridgehead atoms. The Hall–Kier alpha value is -2.43. The van der Waals surface area contributed by atoms with Crippen LogP contribution >= 0.6 is 0 Å². The lowest BCUT2D eigenvalue weighted by molar-refractivity contribution is 0.00460. The molecule has 2 saturated carbocycles. The van der Waals surface area contributed by atoms with Crippen molar-refractivity contribution in [2.24, 2.45) is 11.3 Å². The summed E-state index contributed by atoms with van der Waals surface area (Å²) in [6, 6.07) is 3.61. The van der Waals surface area contributed by atoms with E-state index < -0.39 is 11.2 Å². The van der Waals surface area contributed by atoms with Gasteiger partial charge in [-0.3, -0.25) is 0 Å². The Morgan fingerprint density at radius 2 is 2.07 bits per heavy atom. The molecule has 148 valence electrons. The molecule has 2 aliphatic carbocycles. The van der Waals surface area contributed by atoms with Gasteiger partial charge in [-0.1, -0.05) is 12.8 Å². The predicted octanol–water partition coefficient (Wildman–Crippen LogP) is 4.82. The summed E-state index contributed by atoms with van der Waals surface area (Å²) in [4.78, 5) is 12.9. The SMILES string of the molecule is CC1=CCC(CC2CC2)(c2c(O)cc(CC3(Cc4ccoc4)CC3)oc2=O)O1. The van der Waals surface area contributed by atoms with Crippen LogP contribution in [0.15, 0.2) is 50.1 Å². The van der Waals surface area contributed by atoms with Crippen LogP contribution in [0.1, 0.15) is 62.3 Å². The van der Waals surface area contributed by atoms with E-state index in [4.69, 9.17) is 13.6 Å². The van der Waals surface area contributed by atoms with Crippen molar-refractivity contribution in [3.63, 3.8) is 0 Å². The molecule has 3 heterocycles. The molecule has 0 amide bonds. The summed E-state index contributed by atoms with van der Waals surface area (Å²) < 4.78 is 17.0. The van der Waals surface area contributed by atoms with E-state index in [1.807, 2.05) is 19.1 Å². The van der Waals surface area contributed by atoms with Gasteiger partial charge in [-0.2, -0.15) is 0 Å². The van der Waals surface area contributed by atoms with Crippen molar-refractivity contribution >= 4 is 0 Å². The maximum absolute atomic E-state index is 12.9. The molecule has 0 radical (unpaired) electrons. The fraction of sp³-hybridized carbons (Fsp3) is 0.522. The number of ether oxygens (including phenoxy) is 1. The molecule has 28 heavy (non-hydrogen) atoms. The Morgan fingerprint density at radius 3 is 2.64 bits per heavy atom. The maximum atomic E-state index is 12.9. The highest BCUT2D eigenvalue weighted by molar-refractivity contribution is 5.38. The molecular formula is C23H26O5. The van der Waals surface area contributed by atoms with Crippen molar-refractivity contribution in [3.05, 3.63) is 63.8 Å². The molecule has 5 nitrogen and oxygen atoms in total. The number of hydrogen-bond donors (Lipinski definition) is 1. The molecule has 2 aromatic heterocycles. The Bertz CT molecular complexity index is 959. The van der Waals surface area contributed by atoms with Crippen molar-refractivity contribution < 1.29 is 18.7 Å². The normalized spacial score (nSPS) is 25.4. The summed E-state index contributed by atoms with van der Waals surface area (Å²) in [6.07, 6.45) is 12.8. The molecule has 2 fully saturated rings. The van der Waals surface area contributed by atoms with Gasteiger partial charge in [0.25, 0.3) is 0 Å². The van der Waals surface area contributed by atoms with Gasteiger partial charge >= 0.3 is 5.63 Å². The zero-order valence-corrected chi connectivity index (χ0v) is 16.2. The van der Waals surface area contributed by atoms with Gasteiger partial charge in [-0.15, -0.1) is 0 Å². The van der Waals surface area contributed by atoms with Crippen molar-refractivity contribution in [2.75, 3.05) is 0 Å². The van der Waals surface area contributed by atoms with Crippen LogP contribution in [0, 0.1) is 11.3 Å². The van der Waals surface area contributed by atoms with Gasteiger partial charge < -0.3 is 18.7 Å². The minimum absolute atomic E-state index is 0.00844. The second kappa shape index (κ2) is 6.29.